The van der Waals surface area contributed by atoms with Gasteiger partial charge in [-0.15, -0.1) is 11.8 Å². The van der Waals surface area contributed by atoms with Crippen molar-refractivity contribution in [3.63, 3.8) is 0 Å². The number of thioether (sulfide) groups is 1. The molecule has 3 aromatic rings. The second-order valence-corrected chi connectivity index (χ2v) is 9.29. The molecule has 4 heteroatoms. The highest BCUT2D eigenvalue weighted by molar-refractivity contribution is 7.98. The van der Waals surface area contributed by atoms with E-state index in [0.29, 0.717) is 6.61 Å². The molecule has 1 heterocycles. The number of hydrogen-bond acceptors (Lipinski definition) is 4. The molecule has 0 aromatic heterocycles. The van der Waals surface area contributed by atoms with Gasteiger partial charge in [0.05, 0.1) is 0 Å². The molecule has 0 saturated carbocycles. The number of nitrogens with zero attached hydrogens (tertiary/aromatic N) is 2. The fourth-order valence-corrected chi connectivity index (χ4v) is 4.59. The van der Waals surface area contributed by atoms with Crippen LogP contribution in [-0.2, 0) is 4.84 Å². The number of rotatable bonds is 8. The lowest BCUT2D eigenvalue weighted by Crippen LogP contribution is -2.33. The average molecular weight is 433 g/mol. The molecule has 1 saturated heterocycles. The number of hydrogen-bond donors (Lipinski definition) is 0. The average Bonchev–Trinajstić information content (AvgIpc) is 2.82. The Bertz CT molecular complexity index is 1000. The molecule has 0 bridgehead atoms. The van der Waals surface area contributed by atoms with E-state index in [-0.39, 0.29) is 0 Å². The summed E-state index contributed by atoms with van der Waals surface area (Å²) in [5.74, 6) is 0.873. The van der Waals surface area contributed by atoms with Gasteiger partial charge in [0.2, 0.25) is 0 Å². The topological polar surface area (TPSA) is 24.8 Å². The summed E-state index contributed by atoms with van der Waals surface area (Å²) in [6.07, 6.45) is 5.74. The third-order valence-corrected chi connectivity index (χ3v) is 6.89. The molecule has 4 rings (SSSR count). The summed E-state index contributed by atoms with van der Waals surface area (Å²) in [4.78, 5) is 9.68. The first-order valence-electron chi connectivity index (χ1n) is 11.3. The fourth-order valence-electron chi connectivity index (χ4n) is 4.19. The standard InChI is InChI=1S/C27H32N2OS/c1-21-15-18-29(19-16-21)17-6-20-30-28-27(23-11-13-24(31-2)14-12-23)26-10-5-8-22-7-3-4-9-25(22)26/h3-5,7-14,21H,6,15-20H2,1-2H3/b28-27+. The van der Waals surface area contributed by atoms with Gasteiger partial charge in [0.1, 0.15) is 12.3 Å². The van der Waals surface area contributed by atoms with Crippen molar-refractivity contribution in [2.75, 3.05) is 32.5 Å². The van der Waals surface area contributed by atoms with Crippen LogP contribution in [0.15, 0.2) is 76.8 Å². The van der Waals surface area contributed by atoms with Crippen molar-refractivity contribution in [3.05, 3.63) is 77.9 Å². The highest BCUT2D eigenvalue weighted by Gasteiger charge is 2.15. The number of oxime groups is 1. The van der Waals surface area contributed by atoms with Crippen molar-refractivity contribution < 1.29 is 4.84 Å². The second kappa shape index (κ2) is 10.8. The maximum absolute atomic E-state index is 5.88. The van der Waals surface area contributed by atoms with Gasteiger partial charge in [-0.05, 0) is 67.4 Å². The molecule has 162 valence electrons. The second-order valence-electron chi connectivity index (χ2n) is 8.41. The van der Waals surface area contributed by atoms with Crippen LogP contribution in [-0.4, -0.2) is 43.1 Å². The Morgan fingerprint density at radius 3 is 2.52 bits per heavy atom. The Morgan fingerprint density at radius 1 is 1.00 bits per heavy atom. The minimum absolute atomic E-state index is 0.642. The van der Waals surface area contributed by atoms with Gasteiger partial charge in [-0.1, -0.05) is 66.7 Å². The highest BCUT2D eigenvalue weighted by atomic mass is 32.2. The van der Waals surface area contributed by atoms with E-state index in [1.165, 1.54) is 41.6 Å². The van der Waals surface area contributed by atoms with E-state index in [1.54, 1.807) is 11.8 Å². The van der Waals surface area contributed by atoms with Crippen molar-refractivity contribution in [1.29, 1.82) is 0 Å². The highest BCUT2D eigenvalue weighted by Crippen LogP contribution is 2.24. The van der Waals surface area contributed by atoms with Crippen LogP contribution in [0.3, 0.4) is 0 Å². The van der Waals surface area contributed by atoms with E-state index in [2.05, 4.69) is 90.0 Å². The molecule has 0 unspecified atom stereocenters. The van der Waals surface area contributed by atoms with E-state index in [1.807, 2.05) is 0 Å². The minimum atomic E-state index is 0.642. The Morgan fingerprint density at radius 2 is 1.74 bits per heavy atom. The zero-order valence-corrected chi connectivity index (χ0v) is 19.4. The Kier molecular flexibility index (Phi) is 7.66. The zero-order chi connectivity index (χ0) is 21.5. The van der Waals surface area contributed by atoms with Crippen LogP contribution in [0.4, 0.5) is 0 Å². The number of likely N-dealkylation sites (tertiary alicyclic amines) is 1. The maximum atomic E-state index is 5.88. The molecular formula is C27H32N2OS. The molecule has 0 aliphatic carbocycles. The predicted octanol–water partition coefficient (Wildman–Crippen LogP) is 6.45. The summed E-state index contributed by atoms with van der Waals surface area (Å²) in [6, 6.07) is 23.4. The molecule has 3 nitrogen and oxygen atoms in total. The summed E-state index contributed by atoms with van der Waals surface area (Å²) in [5.41, 5.74) is 3.09. The Hall–Kier alpha value is -2.30. The van der Waals surface area contributed by atoms with Gasteiger partial charge in [-0.3, -0.25) is 0 Å². The van der Waals surface area contributed by atoms with E-state index < -0.39 is 0 Å². The lowest BCUT2D eigenvalue weighted by molar-refractivity contribution is 0.119. The molecule has 3 aromatic carbocycles. The number of benzene rings is 3. The van der Waals surface area contributed by atoms with Crippen molar-refractivity contribution in [1.82, 2.24) is 4.90 Å². The zero-order valence-electron chi connectivity index (χ0n) is 18.6. The molecule has 0 amide bonds. The van der Waals surface area contributed by atoms with E-state index >= 15 is 0 Å². The van der Waals surface area contributed by atoms with E-state index in [9.17, 15) is 0 Å². The van der Waals surface area contributed by atoms with Gasteiger partial charge in [0.15, 0.2) is 0 Å². The normalized spacial score (nSPS) is 16.0. The molecule has 1 fully saturated rings. The first-order chi connectivity index (χ1) is 15.2. The van der Waals surface area contributed by atoms with Gasteiger partial charge in [-0.2, -0.15) is 0 Å². The molecule has 0 radical (unpaired) electrons. The summed E-state index contributed by atoms with van der Waals surface area (Å²) < 4.78 is 0. The van der Waals surface area contributed by atoms with Gasteiger partial charge in [0.25, 0.3) is 0 Å². The van der Waals surface area contributed by atoms with Crippen LogP contribution >= 0.6 is 11.8 Å². The van der Waals surface area contributed by atoms with Gasteiger partial charge < -0.3 is 9.74 Å². The fraction of sp³-hybridized carbons (Fsp3) is 0.370. The monoisotopic (exact) mass is 432 g/mol. The smallest absolute Gasteiger partial charge is 0.118 e. The SMILES string of the molecule is CSc1ccc(/C(=N\OCCCN2CCC(C)CC2)c2cccc3ccccc23)cc1. The van der Waals surface area contributed by atoms with Crippen LogP contribution < -0.4 is 0 Å². The summed E-state index contributed by atoms with van der Waals surface area (Å²) in [6.45, 7) is 6.52. The van der Waals surface area contributed by atoms with Crippen LogP contribution in [0, 0.1) is 5.92 Å². The largest absolute Gasteiger partial charge is 0.395 e. The summed E-state index contributed by atoms with van der Waals surface area (Å²) in [7, 11) is 0. The van der Waals surface area contributed by atoms with Crippen LogP contribution in [0.5, 0.6) is 0 Å². The van der Waals surface area contributed by atoms with Crippen molar-refractivity contribution >= 4 is 28.2 Å². The summed E-state index contributed by atoms with van der Waals surface area (Å²) >= 11 is 1.75. The van der Waals surface area contributed by atoms with Crippen molar-refractivity contribution in [3.8, 4) is 0 Å². The molecular weight excluding hydrogens is 400 g/mol. The molecule has 1 aliphatic rings. The number of fused-ring (bicyclic) bond motifs is 1. The van der Waals surface area contributed by atoms with Crippen LogP contribution in [0.25, 0.3) is 10.8 Å². The van der Waals surface area contributed by atoms with Gasteiger partial charge in [0, 0.05) is 22.6 Å². The third kappa shape index (κ3) is 5.69. The summed E-state index contributed by atoms with van der Waals surface area (Å²) in [5, 5.41) is 7.07. The molecule has 0 spiro atoms. The van der Waals surface area contributed by atoms with Crippen LogP contribution in [0.1, 0.15) is 37.3 Å². The Balaban J connectivity index is 1.51. The first-order valence-corrected chi connectivity index (χ1v) is 12.5. The molecule has 1 aliphatic heterocycles. The minimum Gasteiger partial charge on any atom is -0.395 e. The van der Waals surface area contributed by atoms with Gasteiger partial charge in [-0.25, -0.2) is 0 Å². The first kappa shape index (κ1) is 21.9. The maximum Gasteiger partial charge on any atom is 0.118 e. The van der Waals surface area contributed by atoms with E-state index in [4.69, 9.17) is 4.84 Å². The van der Waals surface area contributed by atoms with E-state index in [0.717, 1.165) is 35.7 Å². The van der Waals surface area contributed by atoms with Crippen molar-refractivity contribution in [2.45, 2.75) is 31.1 Å². The molecule has 31 heavy (non-hydrogen) atoms. The third-order valence-electron chi connectivity index (χ3n) is 6.15. The quantitative estimate of drug-likeness (QED) is 0.177. The lowest BCUT2D eigenvalue weighted by Gasteiger charge is -2.29. The van der Waals surface area contributed by atoms with Crippen molar-refractivity contribution in [2.24, 2.45) is 11.1 Å². The lowest BCUT2D eigenvalue weighted by atomic mass is 9.97. The predicted molar refractivity (Wildman–Crippen MR) is 133 cm³/mol. The van der Waals surface area contributed by atoms with Gasteiger partial charge >= 0.3 is 0 Å². The number of piperidine rings is 1. The van der Waals surface area contributed by atoms with Crippen LogP contribution in [0.2, 0.25) is 0 Å². The molecule has 0 atom stereocenters. The Labute approximate surface area is 190 Å². The molecule has 0 N–H and O–H groups in total.